The summed E-state index contributed by atoms with van der Waals surface area (Å²) in [7, 11) is -0.819. The van der Waals surface area contributed by atoms with E-state index in [1.807, 2.05) is 19.1 Å². The Morgan fingerprint density at radius 3 is 2.83 bits per heavy atom. The van der Waals surface area contributed by atoms with Gasteiger partial charge in [0.15, 0.2) is 0 Å². The largest absolute Gasteiger partial charge is 0.350 e. The Hall–Kier alpha value is -0.870. The van der Waals surface area contributed by atoms with Gasteiger partial charge in [-0.15, -0.1) is 11.6 Å². The van der Waals surface area contributed by atoms with E-state index in [0.717, 1.165) is 5.56 Å². The summed E-state index contributed by atoms with van der Waals surface area (Å²) in [4.78, 5) is 11.9. The fraction of sp³-hybridized carbons (Fsp3) is 0.462. The van der Waals surface area contributed by atoms with Crippen LogP contribution in [0.4, 0.5) is 0 Å². The maximum Gasteiger partial charge on any atom is 0.251 e. The molecule has 100 valence electrons. The molecule has 0 saturated heterocycles. The van der Waals surface area contributed by atoms with Crippen LogP contribution in [0.5, 0.6) is 0 Å². The molecule has 0 spiro atoms. The van der Waals surface area contributed by atoms with Crippen molar-refractivity contribution in [3.8, 4) is 0 Å². The molecule has 0 bridgehead atoms. The molecule has 0 radical (unpaired) electrons. The molecule has 1 N–H and O–H groups in total. The molecule has 5 heteroatoms. The van der Waals surface area contributed by atoms with Crippen molar-refractivity contribution in [2.75, 3.05) is 12.0 Å². The third-order valence-electron chi connectivity index (χ3n) is 2.56. The molecule has 0 aromatic heterocycles. The lowest BCUT2D eigenvalue weighted by Crippen LogP contribution is -2.33. The molecule has 0 saturated carbocycles. The zero-order valence-corrected chi connectivity index (χ0v) is 12.2. The molecule has 0 aliphatic heterocycles. The predicted molar refractivity (Wildman–Crippen MR) is 76.5 cm³/mol. The SMILES string of the molecule is CC(CCS(C)=O)NC(=O)c1cccc(CCl)c1. The molecule has 1 rings (SSSR count). The third-order valence-corrected chi connectivity index (χ3v) is 3.68. The predicted octanol–water partition coefficient (Wildman–Crippen LogP) is 2.31. The van der Waals surface area contributed by atoms with E-state index in [4.69, 9.17) is 11.6 Å². The molecule has 1 amide bonds. The summed E-state index contributed by atoms with van der Waals surface area (Å²) in [5.74, 6) is 0.880. The van der Waals surface area contributed by atoms with Gasteiger partial charge in [0.2, 0.25) is 0 Å². The van der Waals surface area contributed by atoms with E-state index in [1.165, 1.54) is 0 Å². The van der Waals surface area contributed by atoms with Crippen molar-refractivity contribution in [1.29, 1.82) is 0 Å². The molecule has 3 nitrogen and oxygen atoms in total. The number of carbonyl (C=O) groups excluding carboxylic acids is 1. The molecule has 0 aliphatic rings. The fourth-order valence-corrected chi connectivity index (χ4v) is 2.37. The van der Waals surface area contributed by atoms with Gasteiger partial charge in [0.1, 0.15) is 0 Å². The van der Waals surface area contributed by atoms with Crippen molar-refractivity contribution in [2.24, 2.45) is 0 Å². The number of benzene rings is 1. The molecule has 18 heavy (non-hydrogen) atoms. The maximum atomic E-state index is 11.9. The third kappa shape index (κ3) is 5.19. The van der Waals surface area contributed by atoms with Crippen molar-refractivity contribution in [3.63, 3.8) is 0 Å². The number of hydrogen-bond donors (Lipinski definition) is 1. The van der Waals surface area contributed by atoms with E-state index in [0.29, 0.717) is 23.6 Å². The van der Waals surface area contributed by atoms with Crippen LogP contribution in [0.25, 0.3) is 0 Å². The topological polar surface area (TPSA) is 46.2 Å². The van der Waals surface area contributed by atoms with Gasteiger partial charge < -0.3 is 5.32 Å². The van der Waals surface area contributed by atoms with Crippen LogP contribution >= 0.6 is 11.6 Å². The summed E-state index contributed by atoms with van der Waals surface area (Å²) in [5.41, 5.74) is 1.53. The number of nitrogens with one attached hydrogen (secondary N) is 1. The highest BCUT2D eigenvalue weighted by Crippen LogP contribution is 2.08. The van der Waals surface area contributed by atoms with Crippen LogP contribution in [0, 0.1) is 0 Å². The average molecular weight is 288 g/mol. The Morgan fingerprint density at radius 1 is 1.50 bits per heavy atom. The lowest BCUT2D eigenvalue weighted by atomic mass is 10.1. The Morgan fingerprint density at radius 2 is 2.22 bits per heavy atom. The van der Waals surface area contributed by atoms with E-state index in [9.17, 15) is 9.00 Å². The average Bonchev–Trinajstić information content (AvgIpc) is 2.36. The van der Waals surface area contributed by atoms with Gasteiger partial charge in [-0.25, -0.2) is 0 Å². The number of hydrogen-bond acceptors (Lipinski definition) is 2. The molecular weight excluding hydrogens is 270 g/mol. The van der Waals surface area contributed by atoms with Crippen LogP contribution in [0.1, 0.15) is 29.3 Å². The minimum atomic E-state index is -0.819. The zero-order chi connectivity index (χ0) is 13.5. The second-order valence-corrected chi connectivity index (χ2v) is 6.10. The lowest BCUT2D eigenvalue weighted by molar-refractivity contribution is 0.0939. The minimum Gasteiger partial charge on any atom is -0.350 e. The maximum absolute atomic E-state index is 11.9. The van der Waals surface area contributed by atoms with E-state index in [2.05, 4.69) is 5.32 Å². The molecule has 2 unspecified atom stereocenters. The van der Waals surface area contributed by atoms with Crippen LogP contribution in [-0.4, -0.2) is 28.2 Å². The van der Waals surface area contributed by atoms with Gasteiger partial charge >= 0.3 is 0 Å². The normalized spacial score (nSPS) is 13.9. The summed E-state index contributed by atoms with van der Waals surface area (Å²) >= 11 is 5.73. The van der Waals surface area contributed by atoms with E-state index >= 15 is 0 Å². The highest BCUT2D eigenvalue weighted by Gasteiger charge is 2.10. The highest BCUT2D eigenvalue weighted by atomic mass is 35.5. The van der Waals surface area contributed by atoms with Crippen molar-refractivity contribution in [2.45, 2.75) is 25.3 Å². The molecule has 1 aromatic rings. The standard InChI is InChI=1S/C13H18ClNO2S/c1-10(6-7-18(2)17)15-13(16)12-5-3-4-11(8-12)9-14/h3-5,8,10H,6-7,9H2,1-2H3,(H,15,16). The first-order valence-electron chi connectivity index (χ1n) is 5.78. The van der Waals surface area contributed by atoms with Crippen molar-refractivity contribution in [3.05, 3.63) is 35.4 Å². The lowest BCUT2D eigenvalue weighted by Gasteiger charge is -2.13. The van der Waals surface area contributed by atoms with E-state index in [-0.39, 0.29) is 11.9 Å². The highest BCUT2D eigenvalue weighted by molar-refractivity contribution is 7.84. The van der Waals surface area contributed by atoms with Crippen molar-refractivity contribution >= 4 is 28.3 Å². The van der Waals surface area contributed by atoms with Crippen LogP contribution in [0.3, 0.4) is 0 Å². The zero-order valence-electron chi connectivity index (χ0n) is 10.6. The Labute approximate surface area is 115 Å². The second kappa shape index (κ2) is 7.54. The molecule has 1 aromatic carbocycles. The van der Waals surface area contributed by atoms with Crippen LogP contribution in [0.15, 0.2) is 24.3 Å². The summed E-state index contributed by atoms with van der Waals surface area (Å²) in [6.45, 7) is 1.91. The van der Waals surface area contributed by atoms with Crippen molar-refractivity contribution in [1.82, 2.24) is 5.32 Å². The summed E-state index contributed by atoms with van der Waals surface area (Å²) in [6.07, 6.45) is 2.38. The van der Waals surface area contributed by atoms with Gasteiger partial charge in [0.25, 0.3) is 5.91 Å². The quantitative estimate of drug-likeness (QED) is 0.816. The molecule has 0 fully saturated rings. The van der Waals surface area contributed by atoms with Gasteiger partial charge in [0, 0.05) is 40.3 Å². The van der Waals surface area contributed by atoms with Crippen molar-refractivity contribution < 1.29 is 9.00 Å². The Balaban J connectivity index is 2.56. The number of amides is 1. The number of rotatable bonds is 6. The number of carbonyl (C=O) groups is 1. The van der Waals surface area contributed by atoms with Gasteiger partial charge in [-0.2, -0.15) is 0 Å². The Bertz CT molecular complexity index is 437. The first-order chi connectivity index (χ1) is 8.52. The van der Waals surface area contributed by atoms with E-state index in [1.54, 1.807) is 18.4 Å². The first kappa shape index (κ1) is 15.2. The van der Waals surface area contributed by atoms with Gasteiger partial charge in [-0.1, -0.05) is 12.1 Å². The van der Waals surface area contributed by atoms with Crippen LogP contribution in [-0.2, 0) is 16.7 Å². The van der Waals surface area contributed by atoms with Gasteiger partial charge in [0.05, 0.1) is 0 Å². The number of alkyl halides is 1. The smallest absolute Gasteiger partial charge is 0.251 e. The van der Waals surface area contributed by atoms with E-state index < -0.39 is 10.8 Å². The summed E-state index contributed by atoms with van der Waals surface area (Å²) in [5, 5.41) is 2.89. The monoisotopic (exact) mass is 287 g/mol. The summed E-state index contributed by atoms with van der Waals surface area (Å²) in [6, 6.07) is 7.26. The van der Waals surface area contributed by atoms with Gasteiger partial charge in [-0.3, -0.25) is 9.00 Å². The molecule has 0 aliphatic carbocycles. The summed E-state index contributed by atoms with van der Waals surface area (Å²) < 4.78 is 11.0. The number of halogens is 1. The molecule has 0 heterocycles. The first-order valence-corrected chi connectivity index (χ1v) is 8.05. The van der Waals surface area contributed by atoms with Gasteiger partial charge in [-0.05, 0) is 31.0 Å². The van der Waals surface area contributed by atoms with Crippen LogP contribution < -0.4 is 5.32 Å². The minimum absolute atomic E-state index is 0.0149. The Kier molecular flexibility index (Phi) is 6.36. The molecular formula is C13H18ClNO2S. The second-order valence-electron chi connectivity index (χ2n) is 4.27. The van der Waals surface area contributed by atoms with Crippen LogP contribution in [0.2, 0.25) is 0 Å². The molecule has 2 atom stereocenters. The fourth-order valence-electron chi connectivity index (χ4n) is 1.52.